The summed E-state index contributed by atoms with van der Waals surface area (Å²) in [4.78, 5) is 18.7. The Labute approximate surface area is 157 Å². The van der Waals surface area contributed by atoms with E-state index in [1.165, 1.54) is 7.11 Å². The van der Waals surface area contributed by atoms with E-state index in [9.17, 15) is 18.8 Å². The Hall–Kier alpha value is -4.06. The van der Waals surface area contributed by atoms with Crippen LogP contribution in [0.5, 0.6) is 5.75 Å². The molecule has 28 heavy (non-hydrogen) atoms. The molecule has 0 saturated carbocycles. The van der Waals surface area contributed by atoms with Gasteiger partial charge in [-0.2, -0.15) is 10.4 Å². The van der Waals surface area contributed by atoms with Crippen LogP contribution in [0.15, 0.2) is 52.4 Å². The number of aromatic nitrogens is 2. The summed E-state index contributed by atoms with van der Waals surface area (Å²) < 4.78 is 32.0. The van der Waals surface area contributed by atoms with Crippen LogP contribution in [0.25, 0.3) is 11.3 Å². The third-order valence-electron chi connectivity index (χ3n) is 3.69. The number of H-pyrrole nitrogens is 1. The van der Waals surface area contributed by atoms with Crippen molar-refractivity contribution >= 4 is 12.2 Å². The van der Waals surface area contributed by atoms with E-state index in [0.29, 0.717) is 11.6 Å². The Morgan fingerprint density at radius 2 is 2.04 bits per heavy atom. The van der Waals surface area contributed by atoms with Gasteiger partial charge in [-0.25, -0.2) is 19.2 Å². The van der Waals surface area contributed by atoms with Gasteiger partial charge in [0.25, 0.3) is 5.56 Å². The highest BCUT2D eigenvalue weighted by atomic mass is 19.1. The van der Waals surface area contributed by atoms with Crippen molar-refractivity contribution in [3.05, 3.63) is 75.6 Å². The fraction of sp³-hybridized carbons (Fsp3) is 0.0526. The maximum absolute atomic E-state index is 13.7. The summed E-state index contributed by atoms with van der Waals surface area (Å²) in [6.45, 7) is 0. The van der Waals surface area contributed by atoms with Crippen LogP contribution in [-0.2, 0) is 0 Å². The average Bonchev–Trinajstić information content (AvgIpc) is 2.68. The fourth-order valence-corrected chi connectivity index (χ4v) is 2.49. The number of benzene rings is 2. The maximum Gasteiger partial charge on any atom is 0.270 e. The Morgan fingerprint density at radius 3 is 2.71 bits per heavy atom. The Bertz CT molecular complexity index is 1140. The van der Waals surface area contributed by atoms with Crippen LogP contribution in [0, 0.1) is 23.0 Å². The molecule has 3 aromatic rings. The van der Waals surface area contributed by atoms with Crippen LogP contribution >= 0.6 is 0 Å². The molecule has 1 heterocycles. The molecular formula is C19H13F2N5O2. The molecule has 0 aliphatic carbocycles. The molecule has 0 spiro atoms. The van der Waals surface area contributed by atoms with Gasteiger partial charge >= 0.3 is 0 Å². The van der Waals surface area contributed by atoms with Crippen molar-refractivity contribution in [1.29, 1.82) is 5.26 Å². The number of nitrogens with zero attached hydrogens (tertiary/aromatic N) is 3. The third-order valence-corrected chi connectivity index (χ3v) is 3.69. The summed E-state index contributed by atoms with van der Waals surface area (Å²) in [5, 5.41) is 13.1. The first-order valence-corrected chi connectivity index (χ1v) is 7.95. The summed E-state index contributed by atoms with van der Waals surface area (Å²) in [7, 11) is 1.24. The second-order valence-corrected chi connectivity index (χ2v) is 5.50. The zero-order valence-electron chi connectivity index (χ0n) is 14.5. The van der Waals surface area contributed by atoms with Crippen molar-refractivity contribution in [3.63, 3.8) is 0 Å². The normalized spacial score (nSPS) is 10.6. The molecule has 0 amide bonds. The molecule has 0 unspecified atom stereocenters. The maximum atomic E-state index is 13.7. The van der Waals surface area contributed by atoms with Crippen LogP contribution in [0.4, 0.5) is 14.7 Å². The molecule has 9 heteroatoms. The van der Waals surface area contributed by atoms with E-state index in [4.69, 9.17) is 4.74 Å². The number of anilines is 1. The molecule has 0 bridgehead atoms. The van der Waals surface area contributed by atoms with E-state index < -0.39 is 17.2 Å². The van der Waals surface area contributed by atoms with Gasteiger partial charge < -0.3 is 4.74 Å². The van der Waals surface area contributed by atoms with Crippen molar-refractivity contribution in [2.75, 3.05) is 12.5 Å². The Morgan fingerprint density at radius 1 is 1.29 bits per heavy atom. The summed E-state index contributed by atoms with van der Waals surface area (Å²) >= 11 is 0. The molecule has 0 radical (unpaired) electrons. The number of nitrogens with one attached hydrogen (secondary N) is 2. The fourth-order valence-electron chi connectivity index (χ4n) is 2.49. The van der Waals surface area contributed by atoms with Crippen molar-refractivity contribution in [1.82, 2.24) is 9.97 Å². The third kappa shape index (κ3) is 3.86. The highest BCUT2D eigenvalue weighted by Crippen LogP contribution is 2.23. The number of hydrogen-bond donors (Lipinski definition) is 2. The lowest BCUT2D eigenvalue weighted by molar-refractivity contribution is 0.383. The van der Waals surface area contributed by atoms with Crippen LogP contribution in [-0.4, -0.2) is 23.3 Å². The van der Waals surface area contributed by atoms with Crippen molar-refractivity contribution < 1.29 is 13.5 Å². The first kappa shape index (κ1) is 18.7. The zero-order valence-corrected chi connectivity index (χ0v) is 14.5. The van der Waals surface area contributed by atoms with E-state index in [0.717, 1.165) is 12.3 Å². The molecule has 7 nitrogen and oxygen atoms in total. The van der Waals surface area contributed by atoms with Crippen LogP contribution < -0.4 is 15.7 Å². The lowest BCUT2D eigenvalue weighted by Crippen LogP contribution is -2.16. The summed E-state index contributed by atoms with van der Waals surface area (Å²) in [5.41, 5.74) is 2.49. The van der Waals surface area contributed by atoms with Crippen molar-refractivity contribution in [2.45, 2.75) is 0 Å². The SMILES string of the molecule is COc1c(F)cc(F)cc1C=NNc1nc(-c2ccccc2)c(C#N)c(=O)[nH]1. The first-order valence-electron chi connectivity index (χ1n) is 7.95. The van der Waals surface area contributed by atoms with Gasteiger partial charge in [-0.1, -0.05) is 30.3 Å². The lowest BCUT2D eigenvalue weighted by atomic mass is 10.1. The summed E-state index contributed by atoms with van der Waals surface area (Å²) in [6.07, 6.45) is 1.12. The molecule has 0 aliphatic heterocycles. The number of hydrazone groups is 1. The van der Waals surface area contributed by atoms with Crippen LogP contribution in [0.2, 0.25) is 0 Å². The van der Waals surface area contributed by atoms with E-state index in [2.05, 4.69) is 20.5 Å². The highest BCUT2D eigenvalue weighted by molar-refractivity contribution is 5.84. The second-order valence-electron chi connectivity index (χ2n) is 5.50. The van der Waals surface area contributed by atoms with Crippen LogP contribution in [0.3, 0.4) is 0 Å². The molecule has 140 valence electrons. The number of aromatic amines is 1. The molecule has 0 aliphatic rings. The van der Waals surface area contributed by atoms with E-state index in [1.54, 1.807) is 30.3 Å². The van der Waals surface area contributed by atoms with Crippen molar-refractivity contribution in [3.8, 4) is 23.1 Å². The number of ether oxygens (including phenoxy) is 1. The van der Waals surface area contributed by atoms with Gasteiger partial charge in [-0.3, -0.25) is 9.78 Å². The largest absolute Gasteiger partial charge is 0.493 e. The van der Waals surface area contributed by atoms with E-state index in [-0.39, 0.29) is 28.5 Å². The summed E-state index contributed by atoms with van der Waals surface area (Å²) in [6, 6.07) is 12.2. The monoisotopic (exact) mass is 381 g/mol. The van der Waals surface area contributed by atoms with Gasteiger partial charge in [0.15, 0.2) is 11.6 Å². The first-order chi connectivity index (χ1) is 13.5. The molecule has 0 atom stereocenters. The standard InChI is InChI=1S/C19H13F2N5O2/c1-28-17-12(7-13(20)8-15(17)21)10-23-26-19-24-16(11-5-3-2-4-6-11)14(9-22)18(27)25-19/h2-8,10H,1H3,(H2,24,25,26,27). The molecule has 0 saturated heterocycles. The Kier molecular flexibility index (Phi) is 5.41. The molecule has 2 aromatic carbocycles. The predicted octanol–water partition coefficient (Wildman–Crippen LogP) is 3.04. The Balaban J connectivity index is 1.95. The average molecular weight is 381 g/mol. The van der Waals surface area contributed by atoms with Gasteiger partial charge in [-0.05, 0) is 6.07 Å². The molecule has 1 aromatic heterocycles. The molecule has 3 rings (SSSR count). The molecule has 2 N–H and O–H groups in total. The van der Waals surface area contributed by atoms with Gasteiger partial charge in [0.1, 0.15) is 17.4 Å². The molecular weight excluding hydrogens is 368 g/mol. The van der Waals surface area contributed by atoms with E-state index in [1.807, 2.05) is 6.07 Å². The number of nitriles is 1. The number of rotatable bonds is 5. The number of hydrogen-bond acceptors (Lipinski definition) is 6. The van der Waals surface area contributed by atoms with Gasteiger partial charge in [0.2, 0.25) is 5.95 Å². The zero-order chi connectivity index (χ0) is 20.1. The lowest BCUT2D eigenvalue weighted by Gasteiger charge is -2.07. The number of methoxy groups -OCH3 is 1. The smallest absolute Gasteiger partial charge is 0.270 e. The van der Waals surface area contributed by atoms with Gasteiger partial charge in [-0.15, -0.1) is 0 Å². The minimum Gasteiger partial charge on any atom is -0.493 e. The molecule has 0 fully saturated rings. The topological polar surface area (TPSA) is 103 Å². The highest BCUT2D eigenvalue weighted by Gasteiger charge is 2.13. The minimum absolute atomic E-state index is 0.0463. The second kappa shape index (κ2) is 8.09. The predicted molar refractivity (Wildman–Crippen MR) is 99.1 cm³/mol. The van der Waals surface area contributed by atoms with E-state index >= 15 is 0 Å². The van der Waals surface area contributed by atoms with Crippen molar-refractivity contribution in [2.24, 2.45) is 5.10 Å². The number of halogens is 2. The summed E-state index contributed by atoms with van der Waals surface area (Å²) in [5.74, 6) is -1.90. The van der Waals surface area contributed by atoms with Gasteiger partial charge in [0, 0.05) is 17.2 Å². The quantitative estimate of drug-likeness (QED) is 0.522. The van der Waals surface area contributed by atoms with Crippen LogP contribution in [0.1, 0.15) is 11.1 Å². The van der Waals surface area contributed by atoms with Gasteiger partial charge in [0.05, 0.1) is 19.0 Å². The minimum atomic E-state index is -0.875.